The second-order valence-corrected chi connectivity index (χ2v) is 5.59. The van der Waals surface area contributed by atoms with Crippen molar-refractivity contribution in [3.05, 3.63) is 10.6 Å². The Morgan fingerprint density at radius 3 is 3.00 bits per heavy atom. The Labute approximate surface area is 105 Å². The largest absolute Gasteiger partial charge is 0.378 e. The molecule has 94 valence electrons. The van der Waals surface area contributed by atoms with Gasteiger partial charge in [-0.2, -0.15) is 0 Å². The van der Waals surface area contributed by atoms with Gasteiger partial charge in [-0.25, -0.2) is 4.98 Å². The molecule has 1 atom stereocenters. The summed E-state index contributed by atoms with van der Waals surface area (Å²) >= 11 is 1.53. The van der Waals surface area contributed by atoms with Crippen LogP contribution in [0.5, 0.6) is 0 Å². The summed E-state index contributed by atoms with van der Waals surface area (Å²) in [6.07, 6.45) is 3.82. The minimum atomic E-state index is 0.0363. The first kappa shape index (κ1) is 12.5. The van der Waals surface area contributed by atoms with Crippen LogP contribution in [0.1, 0.15) is 36.3 Å². The summed E-state index contributed by atoms with van der Waals surface area (Å²) in [5.74, 6) is 0.0363. The molecule has 1 aromatic heterocycles. The van der Waals surface area contributed by atoms with E-state index in [-0.39, 0.29) is 12.0 Å². The molecule has 5 heteroatoms. The lowest BCUT2D eigenvalue weighted by Crippen LogP contribution is -2.15. The van der Waals surface area contributed by atoms with Gasteiger partial charge in [0.1, 0.15) is 0 Å². The summed E-state index contributed by atoms with van der Waals surface area (Å²) in [5, 5.41) is 3.55. The van der Waals surface area contributed by atoms with Crippen LogP contribution in [0.25, 0.3) is 0 Å². The molecule has 0 spiro atoms. The maximum absolute atomic E-state index is 11.7. The third-order valence-electron chi connectivity index (χ3n) is 2.99. The van der Waals surface area contributed by atoms with Crippen LogP contribution in [-0.4, -0.2) is 23.6 Å². The highest BCUT2D eigenvalue weighted by molar-refractivity contribution is 7.15. The smallest absolute Gasteiger partial charge is 0.226 e. The average Bonchev–Trinajstić information content (AvgIpc) is 2.87. The number of nitrogens with zero attached hydrogens (tertiary/aromatic N) is 1. The Morgan fingerprint density at radius 2 is 2.41 bits per heavy atom. The van der Waals surface area contributed by atoms with Crippen molar-refractivity contribution in [1.82, 2.24) is 4.98 Å². The van der Waals surface area contributed by atoms with Crippen LogP contribution in [0.2, 0.25) is 0 Å². The molecule has 1 aliphatic rings. The Balaban J connectivity index is 1.76. The molecule has 17 heavy (non-hydrogen) atoms. The van der Waals surface area contributed by atoms with Crippen LogP contribution in [0.15, 0.2) is 0 Å². The Hall–Kier alpha value is -0.940. The molecule has 4 nitrogen and oxygen atoms in total. The maximum Gasteiger partial charge on any atom is 0.226 e. The predicted octanol–water partition coefficient (Wildman–Crippen LogP) is 2.66. The summed E-state index contributed by atoms with van der Waals surface area (Å²) in [6.45, 7) is 4.81. The van der Waals surface area contributed by atoms with Crippen LogP contribution >= 0.6 is 11.3 Å². The van der Waals surface area contributed by atoms with Crippen molar-refractivity contribution >= 4 is 22.4 Å². The minimum absolute atomic E-state index is 0.0363. The summed E-state index contributed by atoms with van der Waals surface area (Å²) < 4.78 is 5.48. The summed E-state index contributed by atoms with van der Waals surface area (Å²) in [6, 6.07) is 0. The maximum atomic E-state index is 11.7. The van der Waals surface area contributed by atoms with E-state index in [4.69, 9.17) is 4.74 Å². The number of amides is 1. The molecular formula is C12H18N2O2S. The number of ether oxygens (including phenoxy) is 1. The molecule has 1 amide bonds. The molecule has 1 aliphatic heterocycles. The molecule has 2 heterocycles. The average molecular weight is 254 g/mol. The van der Waals surface area contributed by atoms with Crippen LogP contribution in [0.3, 0.4) is 0 Å². The minimum Gasteiger partial charge on any atom is -0.378 e. The second-order valence-electron chi connectivity index (χ2n) is 4.38. The summed E-state index contributed by atoms with van der Waals surface area (Å²) in [4.78, 5) is 17.1. The van der Waals surface area contributed by atoms with Gasteiger partial charge < -0.3 is 10.1 Å². The number of aryl methyl sites for hydroxylation is 2. The van der Waals surface area contributed by atoms with E-state index in [0.29, 0.717) is 11.6 Å². The van der Waals surface area contributed by atoms with Gasteiger partial charge in [0, 0.05) is 17.9 Å². The van der Waals surface area contributed by atoms with Gasteiger partial charge in [0.15, 0.2) is 5.13 Å². The number of anilines is 1. The normalized spacial score (nSPS) is 19.5. The molecule has 0 aromatic carbocycles. The van der Waals surface area contributed by atoms with E-state index >= 15 is 0 Å². The first-order valence-corrected chi connectivity index (χ1v) is 6.82. The molecule has 0 aliphatic carbocycles. The van der Waals surface area contributed by atoms with Gasteiger partial charge in [0.05, 0.1) is 11.8 Å². The fourth-order valence-electron chi connectivity index (χ4n) is 1.87. The highest BCUT2D eigenvalue weighted by Gasteiger charge is 2.17. The molecule has 1 fully saturated rings. The molecule has 0 bridgehead atoms. The lowest BCUT2D eigenvalue weighted by atomic mass is 10.1. The van der Waals surface area contributed by atoms with Crippen molar-refractivity contribution < 1.29 is 9.53 Å². The first-order chi connectivity index (χ1) is 8.15. The number of aromatic nitrogens is 1. The Bertz CT molecular complexity index is 378. The van der Waals surface area contributed by atoms with Gasteiger partial charge in [0.25, 0.3) is 0 Å². The number of rotatable bonds is 4. The first-order valence-electron chi connectivity index (χ1n) is 6.00. The third-order valence-corrected chi connectivity index (χ3v) is 3.98. The fourth-order valence-corrected chi connectivity index (χ4v) is 2.70. The van der Waals surface area contributed by atoms with E-state index in [0.717, 1.165) is 36.4 Å². The van der Waals surface area contributed by atoms with E-state index in [9.17, 15) is 4.79 Å². The Kier molecular flexibility index (Phi) is 4.12. The van der Waals surface area contributed by atoms with E-state index in [1.807, 2.05) is 13.8 Å². The van der Waals surface area contributed by atoms with Crippen LogP contribution in [-0.2, 0) is 9.53 Å². The lowest BCUT2D eigenvalue weighted by molar-refractivity contribution is -0.116. The highest BCUT2D eigenvalue weighted by atomic mass is 32.1. The predicted molar refractivity (Wildman–Crippen MR) is 68.4 cm³/mol. The third kappa shape index (κ3) is 3.51. The number of thiazole rings is 1. The quantitative estimate of drug-likeness (QED) is 0.898. The topological polar surface area (TPSA) is 51.2 Å². The lowest BCUT2D eigenvalue weighted by Gasteiger charge is -2.07. The van der Waals surface area contributed by atoms with E-state index in [2.05, 4.69) is 10.3 Å². The molecule has 0 radical (unpaired) electrons. The number of hydrogen-bond donors (Lipinski definition) is 1. The molecule has 0 saturated carbocycles. The number of carbonyl (C=O) groups is 1. The van der Waals surface area contributed by atoms with Crippen molar-refractivity contribution in [2.24, 2.45) is 0 Å². The molecule has 2 rings (SSSR count). The van der Waals surface area contributed by atoms with Gasteiger partial charge in [-0.3, -0.25) is 4.79 Å². The fraction of sp³-hybridized carbons (Fsp3) is 0.667. The standard InChI is InChI=1S/C12H18N2O2S/c1-8-9(2)17-12(13-8)14-11(15)6-5-10-4-3-7-16-10/h10H,3-7H2,1-2H3,(H,13,14,15)/t10-/m1/s1. The van der Waals surface area contributed by atoms with Gasteiger partial charge in [-0.1, -0.05) is 0 Å². The van der Waals surface area contributed by atoms with E-state index in [1.165, 1.54) is 11.3 Å². The summed E-state index contributed by atoms with van der Waals surface area (Å²) in [5.41, 5.74) is 0.990. The van der Waals surface area contributed by atoms with Gasteiger partial charge in [-0.15, -0.1) is 11.3 Å². The van der Waals surface area contributed by atoms with E-state index in [1.54, 1.807) is 0 Å². The van der Waals surface area contributed by atoms with Crippen LogP contribution in [0, 0.1) is 13.8 Å². The monoisotopic (exact) mass is 254 g/mol. The van der Waals surface area contributed by atoms with Crippen molar-refractivity contribution in [2.75, 3.05) is 11.9 Å². The van der Waals surface area contributed by atoms with Crippen molar-refractivity contribution in [1.29, 1.82) is 0 Å². The second kappa shape index (κ2) is 5.60. The molecule has 0 unspecified atom stereocenters. The number of nitrogens with one attached hydrogen (secondary N) is 1. The zero-order valence-electron chi connectivity index (χ0n) is 10.3. The number of carbonyl (C=O) groups excluding carboxylic acids is 1. The Morgan fingerprint density at radius 1 is 1.59 bits per heavy atom. The molecule has 1 N–H and O–H groups in total. The molecular weight excluding hydrogens is 236 g/mol. The van der Waals surface area contributed by atoms with Crippen molar-refractivity contribution in [2.45, 2.75) is 45.6 Å². The summed E-state index contributed by atoms with van der Waals surface area (Å²) in [7, 11) is 0. The molecule has 1 aromatic rings. The van der Waals surface area contributed by atoms with Crippen molar-refractivity contribution in [3.8, 4) is 0 Å². The highest BCUT2D eigenvalue weighted by Crippen LogP contribution is 2.22. The van der Waals surface area contributed by atoms with Gasteiger partial charge in [-0.05, 0) is 33.1 Å². The number of hydrogen-bond acceptors (Lipinski definition) is 4. The zero-order chi connectivity index (χ0) is 12.3. The van der Waals surface area contributed by atoms with Crippen LogP contribution in [0.4, 0.5) is 5.13 Å². The molecule has 1 saturated heterocycles. The zero-order valence-corrected chi connectivity index (χ0v) is 11.1. The SMILES string of the molecule is Cc1nc(NC(=O)CC[C@H]2CCCO2)sc1C. The van der Waals surface area contributed by atoms with Gasteiger partial charge in [0.2, 0.25) is 5.91 Å². The van der Waals surface area contributed by atoms with E-state index < -0.39 is 0 Å². The van der Waals surface area contributed by atoms with Crippen LogP contribution < -0.4 is 5.32 Å². The van der Waals surface area contributed by atoms with Crippen molar-refractivity contribution in [3.63, 3.8) is 0 Å². The van der Waals surface area contributed by atoms with Gasteiger partial charge >= 0.3 is 0 Å².